The summed E-state index contributed by atoms with van der Waals surface area (Å²) in [5.74, 6) is -1.01. The Kier molecular flexibility index (Phi) is 6.88. The van der Waals surface area contributed by atoms with Crippen molar-refractivity contribution < 1.29 is 23.9 Å². The molecule has 3 amide bonds. The average Bonchev–Trinajstić information content (AvgIpc) is 2.48. The number of carbonyl (C=O) groups excluding carboxylic acids is 3. The first-order chi connectivity index (χ1) is 10.5. The molecule has 0 saturated heterocycles. The van der Waals surface area contributed by atoms with Crippen LogP contribution in [0.15, 0.2) is 24.3 Å². The smallest absolute Gasteiger partial charge is 0.342 e. The highest BCUT2D eigenvalue weighted by atomic mass is 16.5. The molecule has 2 N–H and O–H groups in total. The van der Waals surface area contributed by atoms with Crippen molar-refractivity contribution in [1.82, 2.24) is 10.6 Å². The van der Waals surface area contributed by atoms with Crippen LogP contribution < -0.4 is 15.4 Å². The largest absolute Gasteiger partial charge is 0.493 e. The van der Waals surface area contributed by atoms with Crippen molar-refractivity contribution in [1.29, 1.82) is 0 Å². The lowest BCUT2D eigenvalue weighted by atomic mass is 10.2. The van der Waals surface area contributed by atoms with E-state index in [4.69, 9.17) is 9.47 Å². The summed E-state index contributed by atoms with van der Waals surface area (Å²) in [6.07, 6.45) is -1.11. The molecule has 0 radical (unpaired) electrons. The lowest BCUT2D eigenvalue weighted by molar-refractivity contribution is -0.127. The van der Waals surface area contributed by atoms with Gasteiger partial charge in [-0.25, -0.2) is 9.59 Å². The predicted octanol–water partition coefficient (Wildman–Crippen LogP) is 1.48. The van der Waals surface area contributed by atoms with Crippen LogP contribution in [0.5, 0.6) is 5.75 Å². The van der Waals surface area contributed by atoms with Crippen LogP contribution >= 0.6 is 0 Å². The number of carbonyl (C=O) groups is 3. The van der Waals surface area contributed by atoms with Crippen molar-refractivity contribution in [3.8, 4) is 5.75 Å². The van der Waals surface area contributed by atoms with E-state index in [9.17, 15) is 14.4 Å². The third-order valence-electron chi connectivity index (χ3n) is 2.63. The molecule has 0 fully saturated rings. The van der Waals surface area contributed by atoms with E-state index in [1.807, 2.05) is 0 Å². The third-order valence-corrected chi connectivity index (χ3v) is 2.63. The van der Waals surface area contributed by atoms with E-state index in [-0.39, 0.29) is 5.56 Å². The summed E-state index contributed by atoms with van der Waals surface area (Å²) in [4.78, 5) is 35.1. The van der Waals surface area contributed by atoms with Gasteiger partial charge in [0.05, 0.1) is 6.61 Å². The van der Waals surface area contributed by atoms with Crippen molar-refractivity contribution in [3.05, 3.63) is 29.8 Å². The summed E-state index contributed by atoms with van der Waals surface area (Å²) in [6, 6.07) is 5.94. The molecule has 1 aromatic carbocycles. The van der Waals surface area contributed by atoms with E-state index >= 15 is 0 Å². The van der Waals surface area contributed by atoms with Crippen LogP contribution in [0.1, 0.15) is 31.1 Å². The van der Waals surface area contributed by atoms with Gasteiger partial charge in [-0.1, -0.05) is 12.1 Å². The Morgan fingerprint density at radius 2 is 1.86 bits per heavy atom. The van der Waals surface area contributed by atoms with Crippen molar-refractivity contribution in [2.24, 2.45) is 0 Å². The summed E-state index contributed by atoms with van der Waals surface area (Å²) in [7, 11) is 0. The van der Waals surface area contributed by atoms with E-state index in [0.29, 0.717) is 18.9 Å². The Morgan fingerprint density at radius 1 is 1.18 bits per heavy atom. The first kappa shape index (κ1) is 17.5. The minimum atomic E-state index is -1.11. The minimum absolute atomic E-state index is 0.224. The highest BCUT2D eigenvalue weighted by Gasteiger charge is 2.22. The van der Waals surface area contributed by atoms with Crippen LogP contribution in [0.3, 0.4) is 0 Å². The highest BCUT2D eigenvalue weighted by molar-refractivity contribution is 5.99. The zero-order valence-corrected chi connectivity index (χ0v) is 12.8. The maximum Gasteiger partial charge on any atom is 0.342 e. The molecule has 1 aromatic rings. The number of rotatable bonds is 6. The monoisotopic (exact) mass is 308 g/mol. The topological polar surface area (TPSA) is 93.7 Å². The molecule has 1 atom stereocenters. The minimum Gasteiger partial charge on any atom is -0.493 e. The van der Waals surface area contributed by atoms with Gasteiger partial charge in [0, 0.05) is 6.54 Å². The summed E-state index contributed by atoms with van der Waals surface area (Å²) in [5, 5.41) is 4.49. The van der Waals surface area contributed by atoms with Crippen molar-refractivity contribution in [2.45, 2.75) is 26.9 Å². The molecule has 7 nitrogen and oxygen atoms in total. The number of imide groups is 1. The Labute approximate surface area is 129 Å². The summed E-state index contributed by atoms with van der Waals surface area (Å²) < 4.78 is 10.4. The quantitative estimate of drug-likeness (QED) is 0.776. The van der Waals surface area contributed by atoms with Gasteiger partial charge in [-0.15, -0.1) is 0 Å². The summed E-state index contributed by atoms with van der Waals surface area (Å²) in [6.45, 7) is 5.69. The lowest BCUT2D eigenvalue weighted by Gasteiger charge is -2.14. The lowest BCUT2D eigenvalue weighted by Crippen LogP contribution is -2.44. The van der Waals surface area contributed by atoms with Gasteiger partial charge in [0.15, 0.2) is 6.10 Å². The number of para-hydroxylation sites is 1. The fourth-order valence-corrected chi connectivity index (χ4v) is 1.61. The molecule has 0 aliphatic heterocycles. The molecule has 0 spiro atoms. The van der Waals surface area contributed by atoms with Crippen molar-refractivity contribution in [3.63, 3.8) is 0 Å². The Morgan fingerprint density at radius 3 is 2.50 bits per heavy atom. The van der Waals surface area contributed by atoms with Crippen molar-refractivity contribution in [2.75, 3.05) is 13.2 Å². The van der Waals surface area contributed by atoms with Gasteiger partial charge < -0.3 is 14.8 Å². The van der Waals surface area contributed by atoms with Crippen LogP contribution in [0, 0.1) is 0 Å². The molecule has 0 saturated carbocycles. The second-order valence-electron chi connectivity index (χ2n) is 4.33. The van der Waals surface area contributed by atoms with Gasteiger partial charge in [0.2, 0.25) is 0 Å². The van der Waals surface area contributed by atoms with Crippen LogP contribution in [0.2, 0.25) is 0 Å². The molecule has 0 aliphatic carbocycles. The number of esters is 1. The van der Waals surface area contributed by atoms with Crippen LogP contribution in [0.25, 0.3) is 0 Å². The molecule has 0 heterocycles. The van der Waals surface area contributed by atoms with Crippen LogP contribution in [0.4, 0.5) is 4.79 Å². The van der Waals surface area contributed by atoms with Gasteiger partial charge in [0.1, 0.15) is 11.3 Å². The first-order valence-corrected chi connectivity index (χ1v) is 7.01. The molecule has 0 aromatic heterocycles. The van der Waals surface area contributed by atoms with Gasteiger partial charge in [0.25, 0.3) is 5.91 Å². The molecule has 120 valence electrons. The molecule has 0 unspecified atom stereocenters. The van der Waals surface area contributed by atoms with E-state index in [0.717, 1.165) is 0 Å². The summed E-state index contributed by atoms with van der Waals surface area (Å²) in [5.41, 5.74) is 0.224. The number of hydrogen-bond acceptors (Lipinski definition) is 5. The molecular weight excluding hydrogens is 288 g/mol. The Balaban J connectivity index is 2.68. The average molecular weight is 308 g/mol. The van der Waals surface area contributed by atoms with Gasteiger partial charge in [-0.05, 0) is 32.9 Å². The van der Waals surface area contributed by atoms with Gasteiger partial charge in [-0.3, -0.25) is 10.1 Å². The van der Waals surface area contributed by atoms with Crippen LogP contribution in [-0.2, 0) is 9.53 Å². The van der Waals surface area contributed by atoms with Crippen LogP contribution in [-0.4, -0.2) is 37.2 Å². The highest BCUT2D eigenvalue weighted by Crippen LogP contribution is 2.19. The van der Waals surface area contributed by atoms with Crippen molar-refractivity contribution >= 4 is 17.9 Å². The van der Waals surface area contributed by atoms with E-state index in [2.05, 4.69) is 10.6 Å². The number of hydrogen-bond donors (Lipinski definition) is 2. The second-order valence-corrected chi connectivity index (χ2v) is 4.33. The van der Waals surface area contributed by atoms with E-state index in [1.54, 1.807) is 38.1 Å². The standard InChI is InChI=1S/C15H20N2O5/c1-4-16-15(20)17-13(18)10(3)22-14(19)11-8-6-7-9-12(11)21-5-2/h6-10H,4-5H2,1-3H3,(H2,16,17,18,20)/t10-/m1/s1. The Bertz CT molecular complexity index is 544. The molecule has 1 rings (SSSR count). The predicted molar refractivity (Wildman–Crippen MR) is 79.7 cm³/mol. The fourth-order valence-electron chi connectivity index (χ4n) is 1.61. The van der Waals surface area contributed by atoms with E-state index in [1.165, 1.54) is 6.92 Å². The Hall–Kier alpha value is -2.57. The zero-order valence-electron chi connectivity index (χ0n) is 12.8. The maximum atomic E-state index is 12.1. The fraction of sp³-hybridized carbons (Fsp3) is 0.400. The number of benzene rings is 1. The second kappa shape index (κ2) is 8.66. The molecule has 7 heteroatoms. The molecular formula is C15H20N2O5. The maximum absolute atomic E-state index is 12.1. The van der Waals surface area contributed by atoms with Gasteiger partial charge in [-0.2, -0.15) is 0 Å². The molecule has 22 heavy (non-hydrogen) atoms. The number of ether oxygens (including phenoxy) is 2. The molecule has 0 bridgehead atoms. The molecule has 0 aliphatic rings. The summed E-state index contributed by atoms with van der Waals surface area (Å²) >= 11 is 0. The number of amides is 3. The normalized spacial score (nSPS) is 11.2. The number of urea groups is 1. The first-order valence-electron chi connectivity index (χ1n) is 7.01. The SMILES string of the molecule is CCNC(=O)NC(=O)[C@@H](C)OC(=O)c1ccccc1OCC. The zero-order chi connectivity index (χ0) is 16.5. The van der Waals surface area contributed by atoms with E-state index < -0.39 is 24.0 Å². The number of nitrogens with one attached hydrogen (secondary N) is 2. The third kappa shape index (κ3) is 5.08. The van der Waals surface area contributed by atoms with Gasteiger partial charge >= 0.3 is 12.0 Å².